The van der Waals surface area contributed by atoms with Crippen molar-refractivity contribution in [2.24, 2.45) is 0 Å². The number of nitrogens with zero attached hydrogens (tertiary/aromatic N) is 2. The highest BCUT2D eigenvalue weighted by atomic mass is 15.3. The molecule has 2 nitrogen and oxygen atoms in total. The Morgan fingerprint density at radius 2 is 1.29 bits per heavy atom. The molecule has 0 amide bonds. The molecule has 2 aromatic carbocycles. The quantitative estimate of drug-likeness (QED) is 0.511. The second-order valence-corrected chi connectivity index (χ2v) is 8.23. The number of hydrogen-bond acceptors (Lipinski definition) is 0. The zero-order valence-electron chi connectivity index (χ0n) is 18.0. The summed E-state index contributed by atoms with van der Waals surface area (Å²) >= 11 is 0. The van der Waals surface area contributed by atoms with Gasteiger partial charge in [0.15, 0.2) is 5.71 Å². The maximum absolute atomic E-state index is 2.27. The van der Waals surface area contributed by atoms with Crippen molar-refractivity contribution in [3.63, 3.8) is 0 Å². The molecule has 1 aliphatic rings. The van der Waals surface area contributed by atoms with Crippen LogP contribution in [0.3, 0.4) is 0 Å². The van der Waals surface area contributed by atoms with E-state index >= 15 is 0 Å². The Kier molecular flexibility index (Phi) is 5.81. The van der Waals surface area contributed by atoms with Gasteiger partial charge in [0.2, 0.25) is 0 Å². The van der Waals surface area contributed by atoms with Gasteiger partial charge in [-0.1, -0.05) is 29.8 Å². The van der Waals surface area contributed by atoms with Gasteiger partial charge >= 0.3 is 0 Å². The van der Waals surface area contributed by atoms with E-state index in [-0.39, 0.29) is 0 Å². The monoisotopic (exact) mass is 372 g/mol. The minimum absolute atomic E-state index is 0.887. The van der Waals surface area contributed by atoms with Crippen molar-refractivity contribution in [2.45, 2.75) is 13.8 Å². The van der Waals surface area contributed by atoms with E-state index < -0.39 is 0 Å². The van der Waals surface area contributed by atoms with E-state index in [1.807, 2.05) is 0 Å². The van der Waals surface area contributed by atoms with Crippen molar-refractivity contribution in [2.75, 3.05) is 34.7 Å². The lowest BCUT2D eigenvalue weighted by molar-refractivity contribution is -0.462. The fourth-order valence-corrected chi connectivity index (χ4v) is 3.36. The van der Waals surface area contributed by atoms with E-state index in [1.165, 1.54) is 39.2 Å². The van der Waals surface area contributed by atoms with E-state index in [0.717, 1.165) is 11.0 Å². The molecule has 2 aromatic rings. The van der Waals surface area contributed by atoms with Gasteiger partial charge in [0.05, 0.1) is 20.6 Å². The van der Waals surface area contributed by atoms with Crippen LogP contribution in [0.5, 0.6) is 0 Å². The minimum Gasteiger partial charge on any atom is -0.296 e. The van der Waals surface area contributed by atoms with Crippen molar-refractivity contribution in [3.05, 3.63) is 95.1 Å². The lowest BCUT2D eigenvalue weighted by atomic mass is 9.90. The number of aryl methyl sites for hydroxylation is 1. The van der Waals surface area contributed by atoms with Crippen LogP contribution >= 0.6 is 0 Å². The first kappa shape index (κ1) is 20.0. The summed E-state index contributed by atoms with van der Waals surface area (Å²) in [5.74, 6) is 0. The molecule has 0 aromatic heterocycles. The van der Waals surface area contributed by atoms with Gasteiger partial charge in [-0.3, -0.25) is 4.48 Å². The van der Waals surface area contributed by atoms with Crippen LogP contribution in [0.15, 0.2) is 78.4 Å². The number of benzene rings is 2. The smallest absolute Gasteiger partial charge is 0.199 e. The van der Waals surface area contributed by atoms with Gasteiger partial charge in [0.25, 0.3) is 0 Å². The summed E-state index contributed by atoms with van der Waals surface area (Å²) in [5.41, 5.74) is 8.84. The molecule has 0 saturated carbocycles. The van der Waals surface area contributed by atoms with Crippen LogP contribution in [-0.4, -0.2) is 45.0 Å². The maximum atomic E-state index is 2.27. The Hall–Kier alpha value is -2.71. The zero-order chi connectivity index (χ0) is 20.3. The highest BCUT2D eigenvalue weighted by Gasteiger charge is 2.18. The van der Waals surface area contributed by atoms with Crippen LogP contribution in [0.25, 0.3) is 5.57 Å². The molecule has 0 N–H and O–H groups in total. The van der Waals surface area contributed by atoms with E-state index in [2.05, 4.69) is 119 Å². The fourth-order valence-electron chi connectivity index (χ4n) is 3.36. The van der Waals surface area contributed by atoms with E-state index in [4.69, 9.17) is 0 Å². The average Bonchev–Trinajstić information content (AvgIpc) is 2.70. The standard InChI is InChI=1S/C26H32N2/c1-7-28(5,6)25-18-14-23(15-19-25)26(21-10-8-20(2)9-11-21)22-12-16-24(17-13-22)27(3)4/h8-19H,7H2,1-6H3/q+2. The molecule has 0 unspecified atom stereocenters. The summed E-state index contributed by atoms with van der Waals surface area (Å²) in [6.45, 7) is 5.43. The molecule has 0 spiro atoms. The Labute approximate surface area is 170 Å². The van der Waals surface area contributed by atoms with Crippen LogP contribution in [0.4, 0.5) is 5.69 Å². The molecule has 2 heteroatoms. The topological polar surface area (TPSA) is 3.01 Å². The van der Waals surface area contributed by atoms with Crippen molar-refractivity contribution in [3.8, 4) is 0 Å². The molecule has 0 radical (unpaired) electrons. The highest BCUT2D eigenvalue weighted by Crippen LogP contribution is 2.31. The molecule has 0 bridgehead atoms. The fraction of sp³-hybridized carbons (Fsp3) is 0.269. The first-order valence-corrected chi connectivity index (χ1v) is 9.97. The Morgan fingerprint density at radius 1 is 0.786 bits per heavy atom. The van der Waals surface area contributed by atoms with Crippen molar-refractivity contribution in [1.29, 1.82) is 0 Å². The molecule has 144 valence electrons. The highest BCUT2D eigenvalue weighted by molar-refractivity contribution is 6.03. The van der Waals surface area contributed by atoms with Gasteiger partial charge in [-0.2, -0.15) is 0 Å². The van der Waals surface area contributed by atoms with Crippen LogP contribution in [-0.2, 0) is 0 Å². The summed E-state index contributed by atoms with van der Waals surface area (Å²) in [7, 11) is 8.65. The first-order valence-electron chi connectivity index (χ1n) is 9.97. The predicted octanol–water partition coefficient (Wildman–Crippen LogP) is 5.22. The molecule has 0 atom stereocenters. The predicted molar refractivity (Wildman–Crippen MR) is 123 cm³/mol. The third-order valence-electron chi connectivity index (χ3n) is 5.66. The van der Waals surface area contributed by atoms with Gasteiger partial charge in [-0.25, -0.2) is 4.58 Å². The lowest BCUT2D eigenvalue weighted by Gasteiger charge is -2.27. The molecule has 0 fully saturated rings. The number of allylic oxidation sites excluding steroid dienone is 5. The van der Waals surface area contributed by atoms with E-state index in [1.54, 1.807) is 0 Å². The van der Waals surface area contributed by atoms with Crippen LogP contribution in [0, 0.1) is 6.92 Å². The van der Waals surface area contributed by atoms with Crippen LogP contribution < -0.4 is 4.48 Å². The van der Waals surface area contributed by atoms with E-state index in [0.29, 0.717) is 0 Å². The Bertz CT molecular complexity index is 944. The number of hydrogen-bond donors (Lipinski definition) is 0. The van der Waals surface area contributed by atoms with E-state index in [9.17, 15) is 0 Å². The molecule has 28 heavy (non-hydrogen) atoms. The summed E-state index contributed by atoms with van der Waals surface area (Å²) < 4.78 is 3.02. The van der Waals surface area contributed by atoms with Gasteiger partial charge < -0.3 is 0 Å². The average molecular weight is 373 g/mol. The molecule has 0 heterocycles. The molecule has 1 aliphatic carbocycles. The Balaban J connectivity index is 2.12. The summed E-state index contributed by atoms with van der Waals surface area (Å²) in [6.07, 6.45) is 8.83. The van der Waals surface area contributed by atoms with Gasteiger partial charge in [-0.15, -0.1) is 0 Å². The lowest BCUT2D eigenvalue weighted by Crippen LogP contribution is -2.39. The summed E-state index contributed by atoms with van der Waals surface area (Å²) in [6, 6.07) is 17.9. The number of quaternary nitrogens is 1. The normalized spacial score (nSPS) is 13.8. The minimum atomic E-state index is 0.887. The van der Waals surface area contributed by atoms with Gasteiger partial charge in [0.1, 0.15) is 19.8 Å². The third-order valence-corrected chi connectivity index (χ3v) is 5.66. The summed E-state index contributed by atoms with van der Waals surface area (Å²) in [5, 5.41) is 0. The van der Waals surface area contributed by atoms with Crippen molar-refractivity contribution in [1.82, 2.24) is 4.48 Å². The Morgan fingerprint density at radius 3 is 1.75 bits per heavy atom. The largest absolute Gasteiger partial charge is 0.296 e. The summed E-state index contributed by atoms with van der Waals surface area (Å²) in [4.78, 5) is 0. The van der Waals surface area contributed by atoms with Crippen LogP contribution in [0.2, 0.25) is 0 Å². The number of rotatable bonds is 4. The molecule has 3 rings (SSSR count). The van der Waals surface area contributed by atoms with Crippen LogP contribution in [0.1, 0.15) is 23.6 Å². The SMILES string of the molecule is CC[N+](C)(C)c1ccc(C(=C2C=CC(=[N+](C)C)C=C2)c2ccc(C)cc2)cc1. The van der Waals surface area contributed by atoms with Gasteiger partial charge in [0, 0.05) is 12.2 Å². The van der Waals surface area contributed by atoms with Crippen molar-refractivity contribution >= 4 is 17.0 Å². The van der Waals surface area contributed by atoms with Gasteiger partial charge in [-0.05, 0) is 72.5 Å². The third kappa shape index (κ3) is 4.23. The molecular weight excluding hydrogens is 340 g/mol. The molecule has 0 aliphatic heterocycles. The maximum Gasteiger partial charge on any atom is 0.199 e. The zero-order valence-corrected chi connectivity index (χ0v) is 18.0. The molecular formula is C26H32N2+2. The molecule has 0 saturated heterocycles. The second kappa shape index (κ2) is 8.12. The first-order chi connectivity index (χ1) is 13.3. The second-order valence-electron chi connectivity index (χ2n) is 8.23. The van der Waals surface area contributed by atoms with Crippen molar-refractivity contribution < 1.29 is 4.58 Å².